The Morgan fingerprint density at radius 3 is 2.92 bits per heavy atom. The summed E-state index contributed by atoms with van der Waals surface area (Å²) in [4.78, 5) is 10.2. The zero-order valence-electron chi connectivity index (χ0n) is 6.87. The molecule has 0 saturated carbocycles. The number of aryl methyl sites for hydroxylation is 1. The van der Waals surface area contributed by atoms with Crippen molar-refractivity contribution in [3.8, 4) is 6.07 Å². The Bertz CT molecular complexity index is 336. The molecular formula is C10H9NO. The summed E-state index contributed by atoms with van der Waals surface area (Å²) in [6, 6.07) is 7.40. The predicted octanol–water partition coefficient (Wildman–Crippen LogP) is 1.61. The number of hydrogen-bond donors (Lipinski definition) is 0. The van der Waals surface area contributed by atoms with Crippen LogP contribution in [-0.4, -0.2) is 6.29 Å². The number of nitrogens with zero attached hydrogens (tertiary/aromatic N) is 1. The monoisotopic (exact) mass is 159 g/mol. The number of aldehydes is 1. The van der Waals surface area contributed by atoms with Crippen LogP contribution in [0.2, 0.25) is 0 Å². The molecule has 1 rings (SSSR count). The molecule has 1 aromatic rings. The molecule has 60 valence electrons. The summed E-state index contributed by atoms with van der Waals surface area (Å²) in [5.41, 5.74) is 2.60. The quantitative estimate of drug-likeness (QED) is 0.615. The van der Waals surface area contributed by atoms with Crippen LogP contribution in [-0.2, 0) is 11.2 Å². The van der Waals surface area contributed by atoms with Crippen molar-refractivity contribution >= 4 is 6.29 Å². The van der Waals surface area contributed by atoms with Crippen LogP contribution in [0.1, 0.15) is 16.7 Å². The van der Waals surface area contributed by atoms with Crippen LogP contribution >= 0.6 is 0 Å². The van der Waals surface area contributed by atoms with E-state index in [1.807, 2.05) is 19.1 Å². The van der Waals surface area contributed by atoms with Crippen molar-refractivity contribution in [1.82, 2.24) is 0 Å². The van der Waals surface area contributed by atoms with Crippen LogP contribution in [0.5, 0.6) is 0 Å². The Hall–Kier alpha value is -1.62. The third-order valence-electron chi connectivity index (χ3n) is 1.78. The fraction of sp³-hybridized carbons (Fsp3) is 0.200. The van der Waals surface area contributed by atoms with E-state index in [4.69, 9.17) is 5.26 Å². The zero-order chi connectivity index (χ0) is 8.97. The van der Waals surface area contributed by atoms with E-state index >= 15 is 0 Å². The molecule has 0 aliphatic heterocycles. The van der Waals surface area contributed by atoms with Crippen molar-refractivity contribution in [3.05, 3.63) is 34.9 Å². The molecule has 0 aliphatic rings. The van der Waals surface area contributed by atoms with Crippen LogP contribution in [0, 0.1) is 18.3 Å². The lowest BCUT2D eigenvalue weighted by atomic mass is 10.0. The van der Waals surface area contributed by atoms with Crippen LogP contribution in [0.25, 0.3) is 0 Å². The molecule has 2 nitrogen and oxygen atoms in total. The lowest BCUT2D eigenvalue weighted by Crippen LogP contribution is -1.91. The van der Waals surface area contributed by atoms with Crippen molar-refractivity contribution in [2.75, 3.05) is 0 Å². The number of rotatable bonds is 2. The Labute approximate surface area is 71.4 Å². The van der Waals surface area contributed by atoms with Gasteiger partial charge in [-0.25, -0.2) is 0 Å². The van der Waals surface area contributed by atoms with Crippen molar-refractivity contribution in [3.63, 3.8) is 0 Å². The summed E-state index contributed by atoms with van der Waals surface area (Å²) in [6.45, 7) is 1.93. The molecule has 0 unspecified atom stereocenters. The van der Waals surface area contributed by atoms with Gasteiger partial charge >= 0.3 is 0 Å². The van der Waals surface area contributed by atoms with Gasteiger partial charge in [-0.05, 0) is 30.2 Å². The van der Waals surface area contributed by atoms with E-state index in [1.54, 1.807) is 12.1 Å². The minimum absolute atomic E-state index is 0.390. The summed E-state index contributed by atoms with van der Waals surface area (Å²) < 4.78 is 0. The Morgan fingerprint density at radius 1 is 1.58 bits per heavy atom. The molecule has 0 radical (unpaired) electrons. The first-order valence-electron chi connectivity index (χ1n) is 3.71. The van der Waals surface area contributed by atoms with Gasteiger partial charge in [-0.3, -0.25) is 0 Å². The molecule has 12 heavy (non-hydrogen) atoms. The predicted molar refractivity (Wildman–Crippen MR) is 45.7 cm³/mol. The van der Waals surface area contributed by atoms with E-state index in [1.165, 1.54) is 0 Å². The first-order chi connectivity index (χ1) is 5.77. The zero-order valence-corrected chi connectivity index (χ0v) is 6.87. The van der Waals surface area contributed by atoms with E-state index in [-0.39, 0.29) is 0 Å². The largest absolute Gasteiger partial charge is 0.303 e. The summed E-state index contributed by atoms with van der Waals surface area (Å²) in [5.74, 6) is 0. The minimum atomic E-state index is 0.390. The Kier molecular flexibility index (Phi) is 2.60. The summed E-state index contributed by atoms with van der Waals surface area (Å²) in [6.07, 6.45) is 1.24. The molecule has 0 N–H and O–H groups in total. The second-order valence-corrected chi connectivity index (χ2v) is 2.62. The number of nitriles is 1. The SMILES string of the molecule is Cc1ccc(C#N)cc1CC=O. The first kappa shape index (κ1) is 8.48. The third-order valence-corrected chi connectivity index (χ3v) is 1.78. The number of benzene rings is 1. The lowest BCUT2D eigenvalue weighted by molar-refractivity contribution is -0.107. The third kappa shape index (κ3) is 1.70. The average molecular weight is 159 g/mol. The van der Waals surface area contributed by atoms with E-state index < -0.39 is 0 Å². The molecule has 0 spiro atoms. The lowest BCUT2D eigenvalue weighted by Gasteiger charge is -2.00. The fourth-order valence-electron chi connectivity index (χ4n) is 1.05. The van der Waals surface area contributed by atoms with Crippen LogP contribution in [0.15, 0.2) is 18.2 Å². The van der Waals surface area contributed by atoms with E-state index in [0.717, 1.165) is 17.4 Å². The minimum Gasteiger partial charge on any atom is -0.303 e. The molecule has 1 aromatic carbocycles. The van der Waals surface area contributed by atoms with Gasteiger partial charge in [0.05, 0.1) is 11.6 Å². The molecule has 0 aromatic heterocycles. The van der Waals surface area contributed by atoms with Crippen molar-refractivity contribution < 1.29 is 4.79 Å². The maximum Gasteiger partial charge on any atom is 0.124 e. The van der Waals surface area contributed by atoms with Crippen molar-refractivity contribution in [2.45, 2.75) is 13.3 Å². The first-order valence-corrected chi connectivity index (χ1v) is 3.71. The highest BCUT2D eigenvalue weighted by Crippen LogP contribution is 2.10. The van der Waals surface area contributed by atoms with Crippen molar-refractivity contribution in [2.24, 2.45) is 0 Å². The summed E-state index contributed by atoms with van der Waals surface area (Å²) >= 11 is 0. The highest BCUT2D eigenvalue weighted by atomic mass is 16.1. The van der Waals surface area contributed by atoms with Gasteiger partial charge in [0.25, 0.3) is 0 Å². The normalized spacial score (nSPS) is 9.00. The molecule has 0 atom stereocenters. The molecular weight excluding hydrogens is 150 g/mol. The Morgan fingerprint density at radius 2 is 2.33 bits per heavy atom. The van der Waals surface area contributed by atoms with Gasteiger partial charge in [0, 0.05) is 6.42 Å². The molecule has 2 heteroatoms. The average Bonchev–Trinajstić information content (AvgIpc) is 2.09. The van der Waals surface area contributed by atoms with Gasteiger partial charge < -0.3 is 4.79 Å². The van der Waals surface area contributed by atoms with Crippen LogP contribution in [0.3, 0.4) is 0 Å². The van der Waals surface area contributed by atoms with Crippen LogP contribution in [0.4, 0.5) is 0 Å². The van der Waals surface area contributed by atoms with Gasteiger partial charge in [0.15, 0.2) is 0 Å². The second-order valence-electron chi connectivity index (χ2n) is 2.62. The number of carbonyl (C=O) groups excluding carboxylic acids is 1. The van der Waals surface area contributed by atoms with E-state index in [0.29, 0.717) is 12.0 Å². The molecule has 0 amide bonds. The second kappa shape index (κ2) is 3.68. The highest BCUT2D eigenvalue weighted by molar-refractivity contribution is 5.57. The van der Waals surface area contributed by atoms with Crippen molar-refractivity contribution in [1.29, 1.82) is 5.26 Å². The standard InChI is InChI=1S/C10H9NO/c1-8-2-3-9(7-11)6-10(8)4-5-12/h2-3,5-6H,4H2,1H3. The summed E-state index contributed by atoms with van der Waals surface area (Å²) in [5, 5.41) is 8.58. The molecule has 0 saturated heterocycles. The Balaban J connectivity index is 3.09. The van der Waals surface area contributed by atoms with Crippen LogP contribution < -0.4 is 0 Å². The topological polar surface area (TPSA) is 40.9 Å². The maximum absolute atomic E-state index is 10.2. The van der Waals surface area contributed by atoms with Gasteiger partial charge in [-0.15, -0.1) is 0 Å². The van der Waals surface area contributed by atoms with Gasteiger partial charge in [0.2, 0.25) is 0 Å². The number of carbonyl (C=O) groups is 1. The molecule has 0 fully saturated rings. The summed E-state index contributed by atoms with van der Waals surface area (Å²) in [7, 11) is 0. The smallest absolute Gasteiger partial charge is 0.124 e. The fourth-order valence-corrected chi connectivity index (χ4v) is 1.05. The molecule has 0 heterocycles. The van der Waals surface area contributed by atoms with Gasteiger partial charge in [-0.1, -0.05) is 6.07 Å². The molecule has 0 bridgehead atoms. The highest BCUT2D eigenvalue weighted by Gasteiger charge is 1.98. The van der Waals surface area contributed by atoms with Gasteiger partial charge in [0.1, 0.15) is 6.29 Å². The maximum atomic E-state index is 10.2. The molecule has 0 aliphatic carbocycles. The van der Waals surface area contributed by atoms with E-state index in [2.05, 4.69) is 0 Å². The number of hydrogen-bond acceptors (Lipinski definition) is 2. The van der Waals surface area contributed by atoms with E-state index in [9.17, 15) is 4.79 Å². The van der Waals surface area contributed by atoms with Gasteiger partial charge in [-0.2, -0.15) is 5.26 Å².